The Balaban J connectivity index is 0.00000323. The fraction of sp³-hybridized carbons (Fsp3) is 0.688. The summed E-state index contributed by atoms with van der Waals surface area (Å²) in [6, 6.07) is -1.92. The van der Waals surface area contributed by atoms with Gasteiger partial charge in [-0.05, 0) is 5.53 Å². The summed E-state index contributed by atoms with van der Waals surface area (Å²) >= 11 is 0. The number of ether oxygens (including phenoxy) is 2. The summed E-state index contributed by atoms with van der Waals surface area (Å²) in [6.45, 7) is -2.04. The Bertz CT molecular complexity index is 1480. The Morgan fingerprint density at radius 2 is 1.77 bits per heavy atom. The minimum atomic E-state index is -5.96. The maximum Gasteiger partial charge on any atom is 1.00 e. The van der Waals surface area contributed by atoms with Crippen LogP contribution in [0.15, 0.2) is 16.2 Å². The van der Waals surface area contributed by atoms with Crippen LogP contribution in [-0.2, 0) is 32.0 Å². The first-order valence-electron chi connectivity index (χ1n) is 11.2. The number of phosphoric ester groups is 2. The van der Waals surface area contributed by atoms with Crippen molar-refractivity contribution >= 4 is 32.8 Å². The molecule has 2 aromatic rings. The van der Waals surface area contributed by atoms with Gasteiger partial charge < -0.3 is 55.1 Å². The van der Waals surface area contributed by atoms with E-state index in [0.29, 0.717) is 0 Å². The number of nitrogens with two attached hydrogens (primary N) is 1. The van der Waals surface area contributed by atoms with Crippen LogP contribution >= 0.6 is 15.6 Å². The summed E-state index contributed by atoms with van der Waals surface area (Å²) in [5.74, 6) is -0.298. The molecule has 27 heteroatoms. The standard InChI is InChI=1S/C16H24N8O15P2.2Na/c17-16-20-12-7(13(30)21-16)19-3-24(12)14-11(29)9(27)5(36-14)2-35-40(31,32)39-41(33,34)38-15-6(22-23-18)10(28)8(26)4(1-25)37-15;;/h3-6,8-11,14-15,25-29H,1-2H2,(H,31,32)(H,33,34)(H3,17,20,21,30);;/q;2*+1/p-2/t4-,5-,6-,8-,9-,10-,11-,14-,15-;;/m1../s1. The van der Waals surface area contributed by atoms with E-state index in [1.165, 1.54) is 0 Å². The number of H-pyrrole nitrogens is 1. The molecule has 0 aromatic carbocycles. The number of aromatic amines is 1. The van der Waals surface area contributed by atoms with Crippen LogP contribution in [0.1, 0.15) is 6.23 Å². The van der Waals surface area contributed by atoms with Gasteiger partial charge in [0.1, 0.15) is 36.6 Å². The first-order chi connectivity index (χ1) is 19.2. The smallest absolute Gasteiger partial charge is 0.756 e. The number of aromatic nitrogens is 4. The molecule has 8 N–H and O–H groups in total. The quantitative estimate of drug-likeness (QED) is 0.0404. The third-order valence-corrected chi connectivity index (χ3v) is 8.46. The molecular formula is C16H22N8Na2O15P2. The molecule has 0 bridgehead atoms. The molecule has 0 spiro atoms. The molecule has 2 saturated heterocycles. The van der Waals surface area contributed by atoms with Crippen LogP contribution < -0.4 is 80.2 Å². The second-order valence-electron chi connectivity index (χ2n) is 8.60. The van der Waals surface area contributed by atoms with Crippen molar-refractivity contribution in [2.75, 3.05) is 18.9 Å². The van der Waals surface area contributed by atoms with Gasteiger partial charge in [0.05, 0.1) is 25.6 Å². The molecule has 2 aliphatic heterocycles. The molecule has 2 unspecified atom stereocenters. The van der Waals surface area contributed by atoms with Crippen molar-refractivity contribution < 1.29 is 126 Å². The van der Waals surface area contributed by atoms with Gasteiger partial charge in [-0.2, -0.15) is 4.98 Å². The number of aliphatic hydroxyl groups is 5. The van der Waals surface area contributed by atoms with Gasteiger partial charge in [0.2, 0.25) is 5.95 Å². The number of aliphatic hydroxyl groups excluding tert-OH is 5. The minimum absolute atomic E-state index is 0. The van der Waals surface area contributed by atoms with E-state index in [0.717, 1.165) is 10.9 Å². The number of azide groups is 1. The van der Waals surface area contributed by atoms with Crippen LogP contribution in [0.25, 0.3) is 21.6 Å². The van der Waals surface area contributed by atoms with Gasteiger partial charge in [-0.25, -0.2) is 9.29 Å². The van der Waals surface area contributed by atoms with Gasteiger partial charge in [0.15, 0.2) is 23.7 Å². The van der Waals surface area contributed by atoms with E-state index in [4.69, 9.17) is 20.7 Å². The molecule has 0 radical (unpaired) electrons. The van der Waals surface area contributed by atoms with E-state index in [-0.39, 0.29) is 76.2 Å². The van der Waals surface area contributed by atoms with Crippen LogP contribution in [0.2, 0.25) is 0 Å². The van der Waals surface area contributed by atoms with Gasteiger partial charge in [-0.15, -0.1) is 0 Å². The third-order valence-electron chi connectivity index (χ3n) is 5.93. The first kappa shape index (κ1) is 38.6. The van der Waals surface area contributed by atoms with E-state index in [1.807, 2.05) is 0 Å². The second kappa shape index (κ2) is 15.4. The molecule has 2 aliphatic rings. The summed E-state index contributed by atoms with van der Waals surface area (Å²) in [5.41, 5.74) is 13.1. The number of hydrogen-bond acceptors (Lipinski definition) is 19. The van der Waals surface area contributed by atoms with Crippen LogP contribution in [0, 0.1) is 0 Å². The fourth-order valence-electron chi connectivity index (χ4n) is 4.02. The number of anilines is 1. The van der Waals surface area contributed by atoms with Gasteiger partial charge in [0.25, 0.3) is 21.2 Å². The zero-order valence-electron chi connectivity index (χ0n) is 22.2. The number of fused-ring (bicyclic) bond motifs is 1. The molecule has 11 atom stereocenters. The van der Waals surface area contributed by atoms with Crippen LogP contribution in [0.4, 0.5) is 5.95 Å². The number of nitrogens with zero attached hydrogens (tertiary/aromatic N) is 6. The third kappa shape index (κ3) is 8.63. The van der Waals surface area contributed by atoms with E-state index in [2.05, 4.69) is 38.3 Å². The number of imidazole rings is 1. The number of hydrogen-bond donors (Lipinski definition) is 7. The average Bonchev–Trinajstić information content (AvgIpc) is 3.42. The van der Waals surface area contributed by atoms with Crippen molar-refractivity contribution in [3.05, 3.63) is 27.1 Å². The molecule has 4 rings (SSSR count). The predicted molar refractivity (Wildman–Crippen MR) is 123 cm³/mol. The van der Waals surface area contributed by atoms with E-state index < -0.39 is 89.6 Å². The number of phosphoric acid groups is 2. The zero-order chi connectivity index (χ0) is 30.3. The van der Waals surface area contributed by atoms with E-state index in [1.54, 1.807) is 0 Å². The van der Waals surface area contributed by atoms with Crippen molar-refractivity contribution in [1.29, 1.82) is 0 Å². The average molecular weight is 674 g/mol. The van der Waals surface area contributed by atoms with Crippen molar-refractivity contribution in [2.45, 2.75) is 55.2 Å². The summed E-state index contributed by atoms with van der Waals surface area (Å²) in [7, 11) is -11.8. The van der Waals surface area contributed by atoms with Crippen molar-refractivity contribution in [2.24, 2.45) is 5.11 Å². The molecule has 23 nitrogen and oxygen atoms in total. The number of rotatable bonds is 10. The summed E-state index contributed by atoms with van der Waals surface area (Å²) in [4.78, 5) is 48.8. The van der Waals surface area contributed by atoms with Crippen molar-refractivity contribution in [3.8, 4) is 0 Å². The van der Waals surface area contributed by atoms with Gasteiger partial charge in [0, 0.05) is 4.91 Å². The Morgan fingerprint density at radius 3 is 2.40 bits per heavy atom. The van der Waals surface area contributed by atoms with Crippen LogP contribution in [0.3, 0.4) is 0 Å². The second-order valence-corrected chi connectivity index (χ2v) is 11.5. The summed E-state index contributed by atoms with van der Waals surface area (Å²) in [6.07, 6.45) is -13.3. The van der Waals surface area contributed by atoms with E-state index in [9.17, 15) is 49.2 Å². The fourth-order valence-corrected chi connectivity index (χ4v) is 6.10. The Hall–Kier alpha value is -0.560. The predicted octanol–water partition coefficient (Wildman–Crippen LogP) is -10.6. The molecule has 4 heterocycles. The van der Waals surface area contributed by atoms with Gasteiger partial charge >= 0.3 is 59.1 Å². The Labute approximate surface area is 283 Å². The molecule has 0 amide bonds. The molecule has 2 aromatic heterocycles. The molecule has 43 heavy (non-hydrogen) atoms. The summed E-state index contributed by atoms with van der Waals surface area (Å²) < 4.78 is 48.8. The molecule has 2 fully saturated rings. The number of nitrogen functional groups attached to an aromatic ring is 1. The first-order valence-corrected chi connectivity index (χ1v) is 14.2. The van der Waals surface area contributed by atoms with Gasteiger partial charge in [-0.3, -0.25) is 28.0 Å². The molecule has 228 valence electrons. The molecular weight excluding hydrogens is 652 g/mol. The van der Waals surface area contributed by atoms with Crippen molar-refractivity contribution in [1.82, 2.24) is 19.5 Å². The zero-order valence-corrected chi connectivity index (χ0v) is 28.0. The normalized spacial score (nSPS) is 33.4. The Morgan fingerprint density at radius 1 is 1.12 bits per heavy atom. The minimum Gasteiger partial charge on any atom is -0.756 e. The monoisotopic (exact) mass is 674 g/mol. The SMILES string of the molecule is [N-]=[N+]=N[C@H]1[C@@H](OP(=O)([O-])OP(=O)([O-])OC[C@H]2O[C@@H](n3cnc4c(=O)[nH]c(N)nc43)[C@H](O)[C@@H]2O)O[C@H](CO)[C@@H](O)[C@@H]1O.[Na+].[Na+]. The topological polar surface area (TPSA) is 366 Å². The van der Waals surface area contributed by atoms with Crippen LogP contribution in [0.5, 0.6) is 0 Å². The largest absolute Gasteiger partial charge is 1.00 e. The summed E-state index contributed by atoms with van der Waals surface area (Å²) in [5, 5.41) is 52.9. The van der Waals surface area contributed by atoms with Gasteiger partial charge in [-0.1, -0.05) is 5.11 Å². The number of nitrogens with one attached hydrogen (secondary N) is 1. The van der Waals surface area contributed by atoms with Crippen molar-refractivity contribution in [3.63, 3.8) is 0 Å². The molecule has 0 aliphatic carbocycles. The maximum atomic E-state index is 12.3. The van der Waals surface area contributed by atoms with Crippen LogP contribution in [-0.4, -0.2) is 107 Å². The molecule has 0 saturated carbocycles. The van der Waals surface area contributed by atoms with E-state index >= 15 is 0 Å². The Kier molecular flexibility index (Phi) is 13.8. The maximum absolute atomic E-state index is 12.3.